The summed E-state index contributed by atoms with van der Waals surface area (Å²) in [5.74, 6) is 0. The van der Waals surface area contributed by atoms with Crippen LogP contribution in [0.4, 0.5) is 0 Å². The Balaban J connectivity index is 3.21. The fourth-order valence-electron chi connectivity index (χ4n) is 1.52. The molecule has 0 atom stereocenters. The largest absolute Gasteiger partial charge is 0.316 e. The van der Waals surface area contributed by atoms with Crippen LogP contribution in [0.1, 0.15) is 31.9 Å². The van der Waals surface area contributed by atoms with E-state index in [0.717, 1.165) is 0 Å². The maximum Gasteiger partial charge on any atom is 0.0471 e. The standard InChI is InChI=1S/C11H16INO/c1-11(2,3)9-5-4-6-10(12)8(9)7-13-14/h4-6,13-14H,7H2,1-3H3. The van der Waals surface area contributed by atoms with Gasteiger partial charge in [-0.25, -0.2) is 5.48 Å². The van der Waals surface area contributed by atoms with Gasteiger partial charge in [0, 0.05) is 10.1 Å². The highest BCUT2D eigenvalue weighted by molar-refractivity contribution is 14.1. The Labute approximate surface area is 98.8 Å². The van der Waals surface area contributed by atoms with Gasteiger partial charge in [0.1, 0.15) is 0 Å². The van der Waals surface area contributed by atoms with Gasteiger partial charge in [0.2, 0.25) is 0 Å². The van der Waals surface area contributed by atoms with E-state index in [1.807, 2.05) is 0 Å². The number of hydrogen-bond acceptors (Lipinski definition) is 2. The lowest BCUT2D eigenvalue weighted by atomic mass is 9.84. The SMILES string of the molecule is CC(C)(C)c1cccc(I)c1CNO. The van der Waals surface area contributed by atoms with Crippen LogP contribution in [0.25, 0.3) is 0 Å². The van der Waals surface area contributed by atoms with E-state index >= 15 is 0 Å². The molecule has 0 radical (unpaired) electrons. The highest BCUT2D eigenvalue weighted by Gasteiger charge is 2.18. The van der Waals surface area contributed by atoms with Crippen LogP contribution >= 0.6 is 22.6 Å². The smallest absolute Gasteiger partial charge is 0.0471 e. The zero-order valence-electron chi connectivity index (χ0n) is 8.76. The van der Waals surface area contributed by atoms with Gasteiger partial charge >= 0.3 is 0 Å². The molecule has 0 spiro atoms. The molecule has 14 heavy (non-hydrogen) atoms. The maximum absolute atomic E-state index is 8.78. The number of hydrogen-bond donors (Lipinski definition) is 2. The minimum Gasteiger partial charge on any atom is -0.316 e. The lowest BCUT2D eigenvalue weighted by Crippen LogP contribution is -2.18. The van der Waals surface area contributed by atoms with Crippen LogP contribution in [0.3, 0.4) is 0 Å². The molecule has 0 aliphatic carbocycles. The molecule has 0 aromatic heterocycles. The van der Waals surface area contributed by atoms with Crippen LogP contribution in [-0.2, 0) is 12.0 Å². The van der Waals surface area contributed by atoms with Gasteiger partial charge in [0.05, 0.1) is 0 Å². The fourth-order valence-corrected chi connectivity index (χ4v) is 2.21. The third-order valence-electron chi connectivity index (χ3n) is 2.18. The molecule has 1 aromatic carbocycles. The lowest BCUT2D eigenvalue weighted by Gasteiger charge is -2.23. The molecule has 0 fully saturated rings. The molecular weight excluding hydrogens is 289 g/mol. The van der Waals surface area contributed by atoms with Gasteiger partial charge in [-0.05, 0) is 45.2 Å². The van der Waals surface area contributed by atoms with Crippen LogP contribution in [0, 0.1) is 3.57 Å². The average Bonchev–Trinajstić information content (AvgIpc) is 2.07. The summed E-state index contributed by atoms with van der Waals surface area (Å²) in [5, 5.41) is 8.78. The molecule has 0 aliphatic rings. The summed E-state index contributed by atoms with van der Waals surface area (Å²) in [5.41, 5.74) is 4.82. The molecule has 3 heteroatoms. The molecule has 0 saturated heterocycles. The predicted octanol–water partition coefficient (Wildman–Crippen LogP) is 3.07. The van der Waals surface area contributed by atoms with Crippen molar-refractivity contribution in [3.8, 4) is 0 Å². The molecule has 0 heterocycles. The summed E-state index contributed by atoms with van der Waals surface area (Å²) in [4.78, 5) is 0. The highest BCUT2D eigenvalue weighted by Crippen LogP contribution is 2.28. The topological polar surface area (TPSA) is 32.3 Å². The van der Waals surface area contributed by atoms with Gasteiger partial charge < -0.3 is 5.21 Å². The first-order chi connectivity index (χ1) is 6.46. The van der Waals surface area contributed by atoms with Crippen LogP contribution in [-0.4, -0.2) is 5.21 Å². The van der Waals surface area contributed by atoms with Crippen LogP contribution in [0.5, 0.6) is 0 Å². The summed E-state index contributed by atoms with van der Waals surface area (Å²) in [6.07, 6.45) is 0. The lowest BCUT2D eigenvalue weighted by molar-refractivity contribution is 0.160. The van der Waals surface area contributed by atoms with E-state index in [1.54, 1.807) is 0 Å². The van der Waals surface area contributed by atoms with Gasteiger partial charge in [-0.1, -0.05) is 32.9 Å². The van der Waals surface area contributed by atoms with Crippen LogP contribution in [0.2, 0.25) is 0 Å². The second kappa shape index (κ2) is 4.59. The fraction of sp³-hybridized carbons (Fsp3) is 0.455. The van der Waals surface area contributed by atoms with Crippen molar-refractivity contribution in [2.45, 2.75) is 32.7 Å². The van der Waals surface area contributed by atoms with E-state index in [4.69, 9.17) is 5.21 Å². The van der Waals surface area contributed by atoms with Crippen LogP contribution < -0.4 is 5.48 Å². The van der Waals surface area contributed by atoms with Crippen molar-refractivity contribution in [3.05, 3.63) is 32.9 Å². The maximum atomic E-state index is 8.78. The minimum absolute atomic E-state index is 0.118. The zero-order chi connectivity index (χ0) is 10.8. The van der Waals surface area contributed by atoms with E-state index in [0.29, 0.717) is 6.54 Å². The number of rotatable bonds is 2. The predicted molar refractivity (Wildman–Crippen MR) is 66.5 cm³/mol. The highest BCUT2D eigenvalue weighted by atomic mass is 127. The first-order valence-corrected chi connectivity index (χ1v) is 5.69. The molecule has 2 N–H and O–H groups in total. The summed E-state index contributed by atoms with van der Waals surface area (Å²) >= 11 is 2.30. The summed E-state index contributed by atoms with van der Waals surface area (Å²) in [6.45, 7) is 7.05. The number of nitrogens with one attached hydrogen (secondary N) is 1. The van der Waals surface area contributed by atoms with Crippen LogP contribution in [0.15, 0.2) is 18.2 Å². The molecule has 0 amide bonds. The van der Waals surface area contributed by atoms with Crippen molar-refractivity contribution in [1.29, 1.82) is 0 Å². The van der Waals surface area contributed by atoms with Crippen molar-refractivity contribution < 1.29 is 5.21 Å². The molecule has 0 aliphatic heterocycles. The van der Waals surface area contributed by atoms with E-state index in [1.165, 1.54) is 14.7 Å². The Bertz CT molecular complexity index is 318. The van der Waals surface area contributed by atoms with Crippen molar-refractivity contribution in [1.82, 2.24) is 5.48 Å². The van der Waals surface area contributed by atoms with E-state index in [9.17, 15) is 0 Å². The quantitative estimate of drug-likeness (QED) is 0.650. The van der Waals surface area contributed by atoms with Crippen molar-refractivity contribution >= 4 is 22.6 Å². The van der Waals surface area contributed by atoms with Gasteiger partial charge in [-0.15, -0.1) is 0 Å². The molecule has 2 nitrogen and oxygen atoms in total. The molecular formula is C11H16INO. The number of halogens is 1. The van der Waals surface area contributed by atoms with Gasteiger partial charge in [-0.3, -0.25) is 0 Å². The first-order valence-electron chi connectivity index (χ1n) is 4.61. The third-order valence-corrected chi connectivity index (χ3v) is 3.19. The normalized spacial score (nSPS) is 11.8. The molecule has 78 valence electrons. The summed E-state index contributed by atoms with van der Waals surface area (Å²) < 4.78 is 1.19. The first kappa shape index (κ1) is 11.9. The molecule has 0 bridgehead atoms. The minimum atomic E-state index is 0.118. The van der Waals surface area contributed by atoms with E-state index in [2.05, 4.69) is 67.0 Å². The summed E-state index contributed by atoms with van der Waals surface area (Å²) in [6, 6.07) is 6.24. The Morgan fingerprint density at radius 3 is 2.50 bits per heavy atom. The van der Waals surface area contributed by atoms with Gasteiger partial charge in [0.25, 0.3) is 0 Å². The van der Waals surface area contributed by atoms with Crippen molar-refractivity contribution in [2.75, 3.05) is 0 Å². The third kappa shape index (κ3) is 2.68. The van der Waals surface area contributed by atoms with Gasteiger partial charge in [0.15, 0.2) is 0 Å². The Hall–Kier alpha value is -0.130. The monoisotopic (exact) mass is 305 g/mol. The van der Waals surface area contributed by atoms with Crippen molar-refractivity contribution in [3.63, 3.8) is 0 Å². The Morgan fingerprint density at radius 2 is 2.00 bits per heavy atom. The second-order valence-electron chi connectivity index (χ2n) is 4.35. The van der Waals surface area contributed by atoms with E-state index < -0.39 is 0 Å². The second-order valence-corrected chi connectivity index (χ2v) is 5.51. The number of hydroxylamine groups is 1. The Morgan fingerprint density at radius 1 is 1.36 bits per heavy atom. The number of benzene rings is 1. The van der Waals surface area contributed by atoms with E-state index in [-0.39, 0.29) is 5.41 Å². The molecule has 0 unspecified atom stereocenters. The zero-order valence-corrected chi connectivity index (χ0v) is 10.9. The van der Waals surface area contributed by atoms with Gasteiger partial charge in [-0.2, -0.15) is 0 Å². The molecule has 0 saturated carbocycles. The van der Waals surface area contributed by atoms with Crippen molar-refractivity contribution in [2.24, 2.45) is 0 Å². The molecule has 1 rings (SSSR count). The Kier molecular flexibility index (Phi) is 3.92. The molecule has 1 aromatic rings. The summed E-state index contributed by atoms with van der Waals surface area (Å²) in [7, 11) is 0. The average molecular weight is 305 g/mol.